The molecule has 76 valence electrons. The summed E-state index contributed by atoms with van der Waals surface area (Å²) in [5.74, 6) is 0.615. The smallest absolute Gasteiger partial charge is 0.264 e. The van der Waals surface area contributed by atoms with Gasteiger partial charge in [-0.05, 0) is 26.1 Å². The van der Waals surface area contributed by atoms with E-state index in [-0.39, 0.29) is 0 Å². The average Bonchev–Trinajstić information content (AvgIpc) is 2.01. The van der Waals surface area contributed by atoms with Gasteiger partial charge in [0, 0.05) is 6.08 Å². The van der Waals surface area contributed by atoms with E-state index in [2.05, 4.69) is 32.6 Å². The Morgan fingerprint density at radius 2 is 1.92 bits per heavy atom. The van der Waals surface area contributed by atoms with Gasteiger partial charge in [-0.3, -0.25) is 0 Å². The molecular formula is C10H20O2Si. The molecule has 0 amide bonds. The summed E-state index contributed by atoms with van der Waals surface area (Å²) >= 11 is 0. The second-order valence-corrected chi connectivity index (χ2v) is 8.17. The summed E-state index contributed by atoms with van der Waals surface area (Å²) < 4.78 is 10.8. The third kappa shape index (κ3) is 7.65. The highest BCUT2D eigenvalue weighted by Crippen LogP contribution is 2.10. The van der Waals surface area contributed by atoms with Crippen molar-refractivity contribution in [2.24, 2.45) is 0 Å². The van der Waals surface area contributed by atoms with Crippen LogP contribution in [0.5, 0.6) is 0 Å². The van der Waals surface area contributed by atoms with Gasteiger partial charge in [0.25, 0.3) is 5.95 Å². The first-order valence-corrected chi connectivity index (χ1v) is 8.00. The number of allylic oxidation sites excluding steroid dienone is 3. The topological polar surface area (TPSA) is 18.5 Å². The van der Waals surface area contributed by atoms with Crippen molar-refractivity contribution in [2.45, 2.75) is 33.0 Å². The molecule has 0 fully saturated rings. The SMILES string of the molecule is CCC=CC=C(OC)O[Si](C)(C)C. The lowest BCUT2D eigenvalue weighted by atomic mass is 10.4. The van der Waals surface area contributed by atoms with Gasteiger partial charge in [0.2, 0.25) is 8.32 Å². The van der Waals surface area contributed by atoms with Gasteiger partial charge in [-0.1, -0.05) is 19.1 Å². The van der Waals surface area contributed by atoms with E-state index in [4.69, 9.17) is 9.16 Å². The lowest BCUT2D eigenvalue weighted by molar-refractivity contribution is 0.147. The summed E-state index contributed by atoms with van der Waals surface area (Å²) in [4.78, 5) is 0. The Morgan fingerprint density at radius 3 is 2.31 bits per heavy atom. The van der Waals surface area contributed by atoms with Crippen LogP contribution in [0.15, 0.2) is 24.2 Å². The minimum Gasteiger partial charge on any atom is -0.520 e. The minimum absolute atomic E-state index is 0.615. The molecule has 0 aliphatic rings. The van der Waals surface area contributed by atoms with Gasteiger partial charge in [-0.25, -0.2) is 0 Å². The molecule has 3 heteroatoms. The van der Waals surface area contributed by atoms with Crippen LogP contribution in [0.3, 0.4) is 0 Å². The molecule has 0 aromatic rings. The molecular weight excluding hydrogens is 180 g/mol. The van der Waals surface area contributed by atoms with Crippen LogP contribution in [0.25, 0.3) is 0 Å². The van der Waals surface area contributed by atoms with Crippen LogP contribution in [0.2, 0.25) is 19.6 Å². The van der Waals surface area contributed by atoms with Crippen LogP contribution >= 0.6 is 0 Å². The number of methoxy groups -OCH3 is 1. The summed E-state index contributed by atoms with van der Waals surface area (Å²) in [5, 5.41) is 0. The maximum absolute atomic E-state index is 5.66. The summed E-state index contributed by atoms with van der Waals surface area (Å²) in [6.45, 7) is 8.48. The fourth-order valence-corrected chi connectivity index (χ4v) is 1.48. The molecule has 13 heavy (non-hydrogen) atoms. The van der Waals surface area contributed by atoms with Gasteiger partial charge in [-0.2, -0.15) is 0 Å². The van der Waals surface area contributed by atoms with Crippen molar-refractivity contribution in [3.05, 3.63) is 24.2 Å². The minimum atomic E-state index is -1.53. The third-order valence-corrected chi connectivity index (χ3v) is 2.03. The zero-order valence-corrected chi connectivity index (χ0v) is 10.3. The van der Waals surface area contributed by atoms with Crippen LogP contribution in [0, 0.1) is 0 Å². The fourth-order valence-electron chi connectivity index (χ4n) is 0.728. The largest absolute Gasteiger partial charge is 0.520 e. The van der Waals surface area contributed by atoms with Crippen LogP contribution in [-0.4, -0.2) is 15.4 Å². The second kappa shape index (κ2) is 5.86. The molecule has 0 saturated carbocycles. The summed E-state index contributed by atoms with van der Waals surface area (Å²) in [5.41, 5.74) is 0. The molecule has 0 rings (SSSR count). The van der Waals surface area contributed by atoms with Crippen molar-refractivity contribution in [2.75, 3.05) is 7.11 Å². The van der Waals surface area contributed by atoms with Gasteiger partial charge in [0.1, 0.15) is 0 Å². The Hall–Kier alpha value is -0.703. The van der Waals surface area contributed by atoms with Crippen molar-refractivity contribution in [1.29, 1.82) is 0 Å². The first kappa shape index (κ1) is 12.3. The van der Waals surface area contributed by atoms with E-state index in [1.165, 1.54) is 0 Å². The van der Waals surface area contributed by atoms with E-state index in [1.807, 2.05) is 12.2 Å². The zero-order chi connectivity index (χ0) is 10.3. The molecule has 0 bridgehead atoms. The van der Waals surface area contributed by atoms with E-state index < -0.39 is 8.32 Å². The molecule has 0 N–H and O–H groups in total. The third-order valence-electron chi connectivity index (χ3n) is 1.21. The molecule has 0 radical (unpaired) electrons. The Balaban J connectivity index is 4.17. The predicted molar refractivity (Wildman–Crippen MR) is 59.0 cm³/mol. The van der Waals surface area contributed by atoms with Crippen LogP contribution < -0.4 is 0 Å². The van der Waals surface area contributed by atoms with Crippen molar-refractivity contribution < 1.29 is 9.16 Å². The average molecular weight is 200 g/mol. The van der Waals surface area contributed by atoms with Crippen molar-refractivity contribution in [1.82, 2.24) is 0 Å². The van der Waals surface area contributed by atoms with Crippen molar-refractivity contribution in [3.63, 3.8) is 0 Å². The maximum atomic E-state index is 5.66. The van der Waals surface area contributed by atoms with E-state index >= 15 is 0 Å². The first-order valence-electron chi connectivity index (χ1n) is 4.59. The fraction of sp³-hybridized carbons (Fsp3) is 0.600. The standard InChI is InChI=1S/C10H20O2Si/c1-6-7-8-9-10(11-2)12-13(3,4)5/h7-9H,6H2,1-5H3. The van der Waals surface area contributed by atoms with E-state index in [0.29, 0.717) is 5.95 Å². The van der Waals surface area contributed by atoms with Gasteiger partial charge >= 0.3 is 0 Å². The summed E-state index contributed by atoms with van der Waals surface area (Å²) in [7, 11) is 0.102. The van der Waals surface area contributed by atoms with E-state index in [1.54, 1.807) is 7.11 Å². The molecule has 0 aromatic heterocycles. The van der Waals surface area contributed by atoms with Crippen LogP contribution in [0.1, 0.15) is 13.3 Å². The highest BCUT2D eigenvalue weighted by atomic mass is 28.4. The predicted octanol–water partition coefficient (Wildman–Crippen LogP) is 3.29. The molecule has 0 unspecified atom stereocenters. The molecule has 0 aliphatic carbocycles. The van der Waals surface area contributed by atoms with Crippen LogP contribution in [0.4, 0.5) is 0 Å². The van der Waals surface area contributed by atoms with Crippen LogP contribution in [-0.2, 0) is 9.16 Å². The molecule has 0 spiro atoms. The lowest BCUT2D eigenvalue weighted by Gasteiger charge is -2.19. The highest BCUT2D eigenvalue weighted by Gasteiger charge is 2.17. The van der Waals surface area contributed by atoms with Crippen molar-refractivity contribution >= 4 is 8.32 Å². The molecule has 0 aliphatic heterocycles. The molecule has 0 saturated heterocycles. The van der Waals surface area contributed by atoms with Gasteiger partial charge < -0.3 is 9.16 Å². The van der Waals surface area contributed by atoms with Gasteiger partial charge in [-0.15, -0.1) is 0 Å². The molecule has 0 heterocycles. The zero-order valence-electron chi connectivity index (χ0n) is 9.26. The molecule has 0 aromatic carbocycles. The molecule has 0 atom stereocenters. The summed E-state index contributed by atoms with van der Waals surface area (Å²) in [6, 6.07) is 0. The quantitative estimate of drug-likeness (QED) is 0.385. The summed E-state index contributed by atoms with van der Waals surface area (Å²) in [6.07, 6.45) is 6.91. The Labute approximate surface area is 82.4 Å². The van der Waals surface area contributed by atoms with Gasteiger partial charge in [0.05, 0.1) is 7.11 Å². The normalized spacial score (nSPS) is 13.5. The monoisotopic (exact) mass is 200 g/mol. The second-order valence-electron chi connectivity index (χ2n) is 3.74. The Kier molecular flexibility index (Phi) is 5.54. The van der Waals surface area contributed by atoms with E-state index in [9.17, 15) is 0 Å². The number of ether oxygens (including phenoxy) is 1. The maximum Gasteiger partial charge on any atom is 0.264 e. The Morgan fingerprint density at radius 1 is 1.31 bits per heavy atom. The van der Waals surface area contributed by atoms with Crippen molar-refractivity contribution in [3.8, 4) is 0 Å². The number of hydrogen-bond acceptors (Lipinski definition) is 2. The first-order chi connectivity index (χ1) is 5.99. The number of rotatable bonds is 5. The lowest BCUT2D eigenvalue weighted by Crippen LogP contribution is -2.25. The molecule has 2 nitrogen and oxygen atoms in total. The van der Waals surface area contributed by atoms with Gasteiger partial charge in [0.15, 0.2) is 0 Å². The van der Waals surface area contributed by atoms with E-state index in [0.717, 1.165) is 6.42 Å². The Bertz CT molecular complexity index is 190. The highest BCUT2D eigenvalue weighted by molar-refractivity contribution is 6.69. The number of hydrogen-bond donors (Lipinski definition) is 0.